The monoisotopic (exact) mass is 592 g/mol. The number of ether oxygens (including phenoxy) is 1. The number of hydrogen-bond acceptors (Lipinski definition) is 8. The first-order chi connectivity index (χ1) is 18.6. The fraction of sp³-hybridized carbons (Fsp3) is 0.167. The molecule has 0 unspecified atom stereocenters. The van der Waals surface area contributed by atoms with Crippen LogP contribution in [0.2, 0.25) is 10.0 Å². The summed E-state index contributed by atoms with van der Waals surface area (Å²) < 4.78 is 34.6. The van der Waals surface area contributed by atoms with E-state index in [4.69, 9.17) is 33.0 Å². The molecule has 0 aliphatic carbocycles. The van der Waals surface area contributed by atoms with Crippen LogP contribution in [0.3, 0.4) is 0 Å². The van der Waals surface area contributed by atoms with Crippen molar-refractivity contribution in [3.8, 4) is 5.75 Å². The van der Waals surface area contributed by atoms with E-state index in [0.29, 0.717) is 16.6 Å². The normalized spacial score (nSPS) is 11.3. The van der Waals surface area contributed by atoms with E-state index < -0.39 is 21.8 Å². The quantitative estimate of drug-likeness (QED) is 0.218. The van der Waals surface area contributed by atoms with Gasteiger partial charge in [-0.15, -0.1) is 0 Å². The number of anilines is 2. The van der Waals surface area contributed by atoms with Gasteiger partial charge in [0.15, 0.2) is 12.4 Å². The van der Waals surface area contributed by atoms with Crippen molar-refractivity contribution in [1.29, 1.82) is 0 Å². The third-order valence-electron chi connectivity index (χ3n) is 5.44. The third kappa shape index (κ3) is 6.40. The Bertz CT molecular complexity index is 1630. The molecule has 2 amide bonds. The lowest BCUT2D eigenvalue weighted by Gasteiger charge is -2.11. The van der Waals surface area contributed by atoms with Gasteiger partial charge in [-0.1, -0.05) is 23.2 Å². The van der Waals surface area contributed by atoms with Crippen LogP contribution < -0.4 is 20.1 Å². The van der Waals surface area contributed by atoms with Gasteiger partial charge in [0.1, 0.15) is 16.5 Å². The van der Waals surface area contributed by atoms with Crippen LogP contribution in [0, 0.1) is 0 Å². The summed E-state index contributed by atoms with van der Waals surface area (Å²) >= 11 is 12.8. The number of amides is 2. The maximum absolute atomic E-state index is 13.1. The molecule has 0 bridgehead atoms. The van der Waals surface area contributed by atoms with Gasteiger partial charge in [-0.2, -0.15) is 0 Å². The van der Waals surface area contributed by atoms with Gasteiger partial charge >= 0.3 is 0 Å². The van der Waals surface area contributed by atoms with E-state index in [-0.39, 0.29) is 52.0 Å². The number of fused-ring (bicyclic) bond motifs is 1. The van der Waals surface area contributed by atoms with Crippen molar-refractivity contribution < 1.29 is 27.9 Å². The highest BCUT2D eigenvalue weighted by molar-refractivity contribution is 7.92. The van der Waals surface area contributed by atoms with E-state index in [1.54, 1.807) is 23.7 Å². The third-order valence-corrected chi connectivity index (χ3v) is 7.68. The number of halogens is 2. The van der Waals surface area contributed by atoms with E-state index in [1.807, 2.05) is 0 Å². The minimum atomic E-state index is -3.91. The molecule has 0 aliphatic rings. The predicted octanol–water partition coefficient (Wildman–Crippen LogP) is 2.82. The van der Waals surface area contributed by atoms with Gasteiger partial charge in [-0.3, -0.25) is 19.3 Å². The Labute approximate surface area is 233 Å². The lowest BCUT2D eigenvalue weighted by atomic mass is 10.2. The maximum atomic E-state index is 13.1. The zero-order chi connectivity index (χ0) is 28.2. The second-order valence-corrected chi connectivity index (χ2v) is 10.5. The predicted molar refractivity (Wildman–Crippen MR) is 146 cm³/mol. The fourth-order valence-corrected chi connectivity index (χ4v) is 5.00. The van der Waals surface area contributed by atoms with Crippen molar-refractivity contribution in [3.05, 3.63) is 70.7 Å². The molecule has 0 saturated heterocycles. The number of nitrogens with zero attached hydrogens (tertiary/aromatic N) is 3. The van der Waals surface area contributed by atoms with Crippen LogP contribution in [0.5, 0.6) is 5.75 Å². The lowest BCUT2D eigenvalue weighted by Crippen LogP contribution is -2.31. The van der Waals surface area contributed by atoms with Crippen LogP contribution in [0.25, 0.3) is 10.9 Å². The number of hydrogen-bond donors (Lipinski definition) is 4. The second kappa shape index (κ2) is 11.9. The molecule has 4 aromatic rings. The number of aliphatic hydroxyl groups excluding tert-OH is 1. The molecule has 2 aromatic heterocycles. The minimum Gasteiger partial charge on any atom is -0.482 e. The van der Waals surface area contributed by atoms with Gasteiger partial charge < -0.3 is 25.0 Å². The molecule has 4 N–H and O–H groups in total. The van der Waals surface area contributed by atoms with E-state index >= 15 is 0 Å². The largest absolute Gasteiger partial charge is 0.482 e. The van der Waals surface area contributed by atoms with Crippen LogP contribution in [0.15, 0.2) is 59.9 Å². The fourth-order valence-electron chi connectivity index (χ4n) is 3.56. The van der Waals surface area contributed by atoms with E-state index in [2.05, 4.69) is 25.3 Å². The molecule has 0 spiro atoms. The first-order valence-electron chi connectivity index (χ1n) is 11.3. The number of benzene rings is 2. The van der Waals surface area contributed by atoms with Gasteiger partial charge in [0.05, 0.1) is 28.2 Å². The highest BCUT2D eigenvalue weighted by Gasteiger charge is 2.21. The molecule has 12 nitrogen and oxygen atoms in total. The summed E-state index contributed by atoms with van der Waals surface area (Å²) in [6, 6.07) is 8.69. The molecule has 15 heteroatoms. The minimum absolute atomic E-state index is 0.0326. The molecule has 0 aliphatic heterocycles. The molecule has 39 heavy (non-hydrogen) atoms. The van der Waals surface area contributed by atoms with E-state index in [0.717, 1.165) is 0 Å². The second-order valence-electron chi connectivity index (χ2n) is 8.06. The van der Waals surface area contributed by atoms with Crippen LogP contribution in [0.1, 0.15) is 10.5 Å². The zero-order valence-corrected chi connectivity index (χ0v) is 22.6. The number of aryl methyl sites for hydroxylation is 1. The Kier molecular flexibility index (Phi) is 8.55. The standard InChI is InChI=1S/C24H22Cl2N6O6S/c1-32-17-11-19(38-13-21(34)29-8-9-33)23(26)22(25)16(17)10-18(32)24(35)30-14-2-4-15(5-3-14)39(36,37)31-20-12-27-6-7-28-20/h2-7,10-12,33H,8-9,13H2,1H3,(H,28,31)(H,29,34)(H,30,35). The lowest BCUT2D eigenvalue weighted by molar-refractivity contribution is -0.123. The topological polar surface area (TPSA) is 165 Å². The average Bonchev–Trinajstić information content (AvgIpc) is 3.25. The van der Waals surface area contributed by atoms with Crippen molar-refractivity contribution in [2.24, 2.45) is 7.05 Å². The molecule has 0 fully saturated rings. The van der Waals surface area contributed by atoms with Crippen molar-refractivity contribution in [2.45, 2.75) is 4.90 Å². The van der Waals surface area contributed by atoms with Crippen LogP contribution in [-0.2, 0) is 21.9 Å². The SMILES string of the molecule is Cn1c(C(=O)Nc2ccc(S(=O)(=O)Nc3cnccn3)cc2)cc2c(Cl)c(Cl)c(OCC(=O)NCCO)cc21. The summed E-state index contributed by atoms with van der Waals surface area (Å²) in [7, 11) is -2.26. The van der Waals surface area contributed by atoms with Gasteiger partial charge in [-0.25, -0.2) is 13.4 Å². The molecule has 204 valence electrons. The van der Waals surface area contributed by atoms with E-state index in [9.17, 15) is 18.0 Å². The molecule has 0 saturated carbocycles. The van der Waals surface area contributed by atoms with Crippen LogP contribution in [-0.4, -0.2) is 59.6 Å². The first-order valence-corrected chi connectivity index (χ1v) is 13.5. The molecule has 2 aromatic carbocycles. The van der Waals surface area contributed by atoms with Crippen molar-refractivity contribution in [1.82, 2.24) is 19.9 Å². The van der Waals surface area contributed by atoms with Gasteiger partial charge in [0, 0.05) is 43.1 Å². The number of aromatic nitrogens is 3. The summed E-state index contributed by atoms with van der Waals surface area (Å²) in [6.07, 6.45) is 4.06. The first kappa shape index (κ1) is 28.1. The Hall–Kier alpha value is -3.91. The summed E-state index contributed by atoms with van der Waals surface area (Å²) in [5.41, 5.74) is 1.12. The number of sulfonamides is 1. The highest BCUT2D eigenvalue weighted by atomic mass is 35.5. The molecular weight excluding hydrogens is 571 g/mol. The Morgan fingerprint density at radius 1 is 1.10 bits per heavy atom. The molecule has 4 rings (SSSR count). The summed E-state index contributed by atoms with van der Waals surface area (Å²) in [4.78, 5) is 32.5. The maximum Gasteiger partial charge on any atom is 0.272 e. The van der Waals surface area contributed by atoms with Crippen LogP contribution >= 0.6 is 23.2 Å². The summed E-state index contributed by atoms with van der Waals surface area (Å²) in [6.45, 7) is -0.466. The van der Waals surface area contributed by atoms with Gasteiger partial charge in [-0.05, 0) is 30.3 Å². The number of aliphatic hydroxyl groups is 1. The van der Waals surface area contributed by atoms with Gasteiger partial charge in [0.25, 0.3) is 21.8 Å². The number of rotatable bonds is 10. The number of nitrogens with one attached hydrogen (secondary N) is 3. The molecule has 2 heterocycles. The average molecular weight is 593 g/mol. The van der Waals surface area contributed by atoms with Crippen LogP contribution in [0.4, 0.5) is 11.5 Å². The van der Waals surface area contributed by atoms with Crippen molar-refractivity contribution in [3.63, 3.8) is 0 Å². The van der Waals surface area contributed by atoms with Gasteiger partial charge in [0.2, 0.25) is 0 Å². The summed E-state index contributed by atoms with van der Waals surface area (Å²) in [5.74, 6) is -0.719. The Morgan fingerprint density at radius 2 is 1.85 bits per heavy atom. The van der Waals surface area contributed by atoms with E-state index in [1.165, 1.54) is 42.9 Å². The molecule has 0 atom stereocenters. The Balaban J connectivity index is 1.51. The Morgan fingerprint density at radius 3 is 2.51 bits per heavy atom. The highest BCUT2D eigenvalue weighted by Crippen LogP contribution is 2.40. The molecule has 0 radical (unpaired) electrons. The molecular formula is C24H22Cl2N6O6S. The zero-order valence-electron chi connectivity index (χ0n) is 20.3. The number of carbonyl (C=O) groups excluding carboxylic acids is 2. The smallest absolute Gasteiger partial charge is 0.272 e. The number of carbonyl (C=O) groups is 2. The van der Waals surface area contributed by atoms with Crippen molar-refractivity contribution >= 4 is 67.4 Å². The van der Waals surface area contributed by atoms with Crippen molar-refractivity contribution in [2.75, 3.05) is 29.8 Å². The summed E-state index contributed by atoms with van der Waals surface area (Å²) in [5, 5.41) is 14.7.